The predicted octanol–water partition coefficient (Wildman–Crippen LogP) is 1.54. The lowest BCUT2D eigenvalue weighted by Crippen LogP contribution is -2.48. The van der Waals surface area contributed by atoms with Crippen LogP contribution in [0.4, 0.5) is 0 Å². The van der Waals surface area contributed by atoms with E-state index in [-0.39, 0.29) is 11.9 Å². The van der Waals surface area contributed by atoms with Gasteiger partial charge in [0.2, 0.25) is 5.91 Å². The average molecular weight is 299 g/mol. The van der Waals surface area contributed by atoms with Gasteiger partial charge in [0, 0.05) is 31.2 Å². The van der Waals surface area contributed by atoms with Crippen molar-refractivity contribution in [2.24, 2.45) is 5.73 Å². The highest BCUT2D eigenvalue weighted by molar-refractivity contribution is 7.98. The lowest BCUT2D eigenvalue weighted by molar-refractivity contribution is -0.133. The molecule has 1 amide bonds. The van der Waals surface area contributed by atoms with Crippen molar-refractivity contribution >= 4 is 17.7 Å². The minimum atomic E-state index is -0.313. The summed E-state index contributed by atoms with van der Waals surface area (Å²) in [6.45, 7) is 6.30. The predicted molar refractivity (Wildman–Crippen MR) is 86.0 cm³/mol. The maximum absolute atomic E-state index is 12.5. The lowest BCUT2D eigenvalue weighted by atomic mass is 10.1. The highest BCUT2D eigenvalue weighted by Crippen LogP contribution is 2.32. The topological polar surface area (TPSA) is 49.6 Å². The third kappa shape index (κ3) is 3.49. The van der Waals surface area contributed by atoms with Gasteiger partial charge in [-0.1, -0.05) is 0 Å². The van der Waals surface area contributed by atoms with Gasteiger partial charge in [0.25, 0.3) is 0 Å². The van der Waals surface area contributed by atoms with Gasteiger partial charge < -0.3 is 10.6 Å². The first-order chi connectivity index (χ1) is 9.54. The van der Waals surface area contributed by atoms with Gasteiger partial charge in [0.1, 0.15) is 0 Å². The molecular formula is C15H29N3OS. The summed E-state index contributed by atoms with van der Waals surface area (Å²) in [7, 11) is 0. The van der Waals surface area contributed by atoms with Gasteiger partial charge in [-0.3, -0.25) is 9.69 Å². The summed E-state index contributed by atoms with van der Waals surface area (Å²) in [5, 5.41) is 0. The van der Waals surface area contributed by atoms with E-state index in [4.69, 9.17) is 5.73 Å². The fourth-order valence-corrected chi connectivity index (χ4v) is 4.25. The number of hydrogen-bond acceptors (Lipinski definition) is 4. The van der Waals surface area contributed by atoms with Crippen molar-refractivity contribution in [2.75, 3.05) is 25.1 Å². The standard InChI is InChI=1S/C15H29N3OS/c1-11(2)18-12-4-5-13(18)10-17(8-6-12)15(19)14(16)7-9-20-3/h11-14H,4-10,16H2,1-3H3/t12-,13+,14-/m1/s1. The van der Waals surface area contributed by atoms with Gasteiger partial charge in [0.05, 0.1) is 6.04 Å². The molecule has 2 heterocycles. The fraction of sp³-hybridized carbons (Fsp3) is 0.933. The molecule has 0 unspecified atom stereocenters. The van der Waals surface area contributed by atoms with Crippen LogP contribution in [0.5, 0.6) is 0 Å². The van der Waals surface area contributed by atoms with Gasteiger partial charge >= 0.3 is 0 Å². The number of thioether (sulfide) groups is 1. The molecule has 0 aromatic rings. The first kappa shape index (κ1) is 16.1. The van der Waals surface area contributed by atoms with Crippen LogP contribution in [-0.4, -0.2) is 65.0 Å². The second-order valence-corrected chi connectivity index (χ2v) is 7.37. The third-order valence-corrected chi connectivity index (χ3v) is 5.34. The van der Waals surface area contributed by atoms with Crippen molar-refractivity contribution in [3.8, 4) is 0 Å². The number of carbonyl (C=O) groups is 1. The number of carbonyl (C=O) groups excluding carboxylic acids is 1. The smallest absolute Gasteiger partial charge is 0.239 e. The van der Waals surface area contributed by atoms with E-state index in [0.29, 0.717) is 18.1 Å². The number of likely N-dealkylation sites (tertiary alicyclic amines) is 1. The molecule has 2 N–H and O–H groups in total. The molecular weight excluding hydrogens is 270 g/mol. The molecule has 0 aromatic carbocycles. The third-order valence-electron chi connectivity index (χ3n) is 4.70. The quantitative estimate of drug-likeness (QED) is 0.836. The van der Waals surface area contributed by atoms with Crippen LogP contribution in [0.2, 0.25) is 0 Å². The molecule has 4 nitrogen and oxygen atoms in total. The van der Waals surface area contributed by atoms with E-state index in [2.05, 4.69) is 25.0 Å². The van der Waals surface area contributed by atoms with Gasteiger partial charge in [-0.25, -0.2) is 0 Å². The molecule has 0 saturated carbocycles. The van der Waals surface area contributed by atoms with Gasteiger partial charge in [-0.05, 0) is 51.5 Å². The van der Waals surface area contributed by atoms with Crippen molar-refractivity contribution < 1.29 is 4.79 Å². The van der Waals surface area contributed by atoms with E-state index in [1.54, 1.807) is 11.8 Å². The van der Waals surface area contributed by atoms with Crippen molar-refractivity contribution in [1.29, 1.82) is 0 Å². The summed E-state index contributed by atoms with van der Waals surface area (Å²) in [4.78, 5) is 17.1. The van der Waals surface area contributed by atoms with Gasteiger partial charge in [-0.2, -0.15) is 11.8 Å². The lowest BCUT2D eigenvalue weighted by Gasteiger charge is -2.32. The van der Waals surface area contributed by atoms with Crippen molar-refractivity contribution in [1.82, 2.24) is 9.80 Å². The SMILES string of the molecule is CSCC[C@@H](N)C(=O)N1CC[C@H]2CC[C@@H](C1)N2C(C)C. The Hall–Kier alpha value is -0.260. The van der Waals surface area contributed by atoms with Crippen molar-refractivity contribution in [3.05, 3.63) is 0 Å². The summed E-state index contributed by atoms with van der Waals surface area (Å²) in [6.07, 6.45) is 6.48. The van der Waals surface area contributed by atoms with Crippen molar-refractivity contribution in [3.63, 3.8) is 0 Å². The van der Waals surface area contributed by atoms with E-state index < -0.39 is 0 Å². The maximum atomic E-state index is 12.5. The van der Waals surface area contributed by atoms with Gasteiger partial charge in [-0.15, -0.1) is 0 Å². The average Bonchev–Trinajstić information content (AvgIpc) is 2.70. The molecule has 2 aliphatic heterocycles. The van der Waals surface area contributed by atoms with Crippen molar-refractivity contribution in [2.45, 2.75) is 63.7 Å². The van der Waals surface area contributed by atoms with E-state index in [0.717, 1.165) is 31.7 Å². The molecule has 2 saturated heterocycles. The fourth-order valence-electron chi connectivity index (χ4n) is 3.76. The van der Waals surface area contributed by atoms with Crippen LogP contribution in [0.3, 0.4) is 0 Å². The molecule has 2 aliphatic rings. The molecule has 5 heteroatoms. The van der Waals surface area contributed by atoms with Crippen LogP contribution in [0, 0.1) is 0 Å². The maximum Gasteiger partial charge on any atom is 0.239 e. The van der Waals surface area contributed by atoms with Crippen LogP contribution in [0.15, 0.2) is 0 Å². The molecule has 0 radical (unpaired) electrons. The Morgan fingerprint density at radius 1 is 1.30 bits per heavy atom. The number of nitrogens with two attached hydrogens (primary N) is 1. The van der Waals surface area contributed by atoms with Crippen LogP contribution >= 0.6 is 11.8 Å². The van der Waals surface area contributed by atoms with Crippen LogP contribution < -0.4 is 5.73 Å². The molecule has 0 spiro atoms. The Balaban J connectivity index is 1.97. The highest BCUT2D eigenvalue weighted by atomic mass is 32.2. The Kier molecular flexibility index (Phi) is 5.75. The second-order valence-electron chi connectivity index (χ2n) is 6.39. The summed E-state index contributed by atoms with van der Waals surface area (Å²) in [5.74, 6) is 1.13. The molecule has 2 rings (SSSR count). The van der Waals surface area contributed by atoms with E-state index in [1.165, 1.54) is 12.8 Å². The second kappa shape index (κ2) is 7.14. The highest BCUT2D eigenvalue weighted by Gasteiger charge is 2.39. The number of amides is 1. The minimum Gasteiger partial charge on any atom is -0.340 e. The summed E-state index contributed by atoms with van der Waals surface area (Å²) < 4.78 is 0. The molecule has 2 fully saturated rings. The summed E-state index contributed by atoms with van der Waals surface area (Å²) >= 11 is 1.76. The van der Waals surface area contributed by atoms with Crippen LogP contribution in [0.25, 0.3) is 0 Å². The number of fused-ring (bicyclic) bond motifs is 2. The normalized spacial score (nSPS) is 28.8. The first-order valence-corrected chi connectivity index (χ1v) is 9.24. The minimum absolute atomic E-state index is 0.162. The largest absolute Gasteiger partial charge is 0.340 e. The molecule has 0 aromatic heterocycles. The Bertz CT molecular complexity index is 337. The Morgan fingerprint density at radius 2 is 2.00 bits per heavy atom. The molecule has 116 valence electrons. The van der Waals surface area contributed by atoms with E-state index in [1.807, 2.05) is 4.90 Å². The zero-order valence-corrected chi connectivity index (χ0v) is 13.9. The zero-order valence-electron chi connectivity index (χ0n) is 13.0. The Labute approximate surface area is 127 Å². The van der Waals surface area contributed by atoms with Crippen LogP contribution in [0.1, 0.15) is 39.5 Å². The molecule has 3 atom stereocenters. The van der Waals surface area contributed by atoms with Gasteiger partial charge in [0.15, 0.2) is 0 Å². The summed E-state index contributed by atoms with van der Waals surface area (Å²) in [5.41, 5.74) is 6.06. The number of hydrogen-bond donors (Lipinski definition) is 1. The number of nitrogens with zero attached hydrogens (tertiary/aromatic N) is 2. The van der Waals surface area contributed by atoms with Crippen LogP contribution in [-0.2, 0) is 4.79 Å². The van der Waals surface area contributed by atoms with E-state index in [9.17, 15) is 4.79 Å². The van der Waals surface area contributed by atoms with E-state index >= 15 is 0 Å². The number of rotatable bonds is 5. The first-order valence-electron chi connectivity index (χ1n) is 7.85. The Morgan fingerprint density at radius 3 is 2.65 bits per heavy atom. The molecule has 20 heavy (non-hydrogen) atoms. The monoisotopic (exact) mass is 299 g/mol. The zero-order chi connectivity index (χ0) is 14.7. The molecule has 2 bridgehead atoms. The summed E-state index contributed by atoms with van der Waals surface area (Å²) in [6, 6.07) is 1.47. The molecule has 0 aliphatic carbocycles.